The second kappa shape index (κ2) is 9.48. The topological polar surface area (TPSA) is 80.4 Å². The van der Waals surface area contributed by atoms with Crippen LogP contribution in [0.4, 0.5) is 0 Å². The van der Waals surface area contributed by atoms with E-state index < -0.39 is 10.0 Å². The van der Waals surface area contributed by atoms with Crippen LogP contribution in [-0.2, 0) is 16.6 Å². The number of aromatic nitrogens is 3. The predicted octanol–water partition coefficient (Wildman–Crippen LogP) is 2.64. The van der Waals surface area contributed by atoms with Crippen molar-refractivity contribution in [3.8, 4) is 5.69 Å². The zero-order chi connectivity index (χ0) is 23.7. The number of hydrogen-bond donors (Lipinski definition) is 0. The lowest BCUT2D eigenvalue weighted by atomic mass is 10.2. The second-order valence-corrected chi connectivity index (χ2v) is 11.1. The van der Waals surface area contributed by atoms with Gasteiger partial charge in [-0.25, -0.2) is 13.2 Å². The molecule has 1 aliphatic heterocycles. The van der Waals surface area contributed by atoms with Gasteiger partial charge in [-0.3, -0.25) is 9.47 Å². The third-order valence-corrected chi connectivity index (χ3v) is 8.98. The fraction of sp³-hybridized carbons (Fsp3) is 0.440. The summed E-state index contributed by atoms with van der Waals surface area (Å²) in [5, 5.41) is 4.41. The van der Waals surface area contributed by atoms with Gasteiger partial charge in [0.05, 0.1) is 17.1 Å². The van der Waals surface area contributed by atoms with Gasteiger partial charge in [0.1, 0.15) is 5.82 Å². The summed E-state index contributed by atoms with van der Waals surface area (Å²) in [5.41, 5.74) is 1.31. The van der Waals surface area contributed by atoms with E-state index in [4.69, 9.17) is 0 Å². The minimum atomic E-state index is -3.57. The van der Waals surface area contributed by atoms with Crippen molar-refractivity contribution in [2.24, 2.45) is 0 Å². The summed E-state index contributed by atoms with van der Waals surface area (Å²) in [6.07, 6.45) is 5.02. The molecule has 0 atom stereocenters. The molecule has 0 amide bonds. The van der Waals surface area contributed by atoms with Gasteiger partial charge < -0.3 is 0 Å². The Labute approximate surface area is 200 Å². The van der Waals surface area contributed by atoms with Gasteiger partial charge in [-0.15, -0.1) is 0 Å². The molecule has 9 heteroatoms. The van der Waals surface area contributed by atoms with Crippen LogP contribution in [0.3, 0.4) is 0 Å². The Balaban J connectivity index is 1.31. The van der Waals surface area contributed by atoms with Crippen molar-refractivity contribution in [3.63, 3.8) is 0 Å². The zero-order valence-electron chi connectivity index (χ0n) is 19.5. The molecule has 2 aromatic carbocycles. The third-order valence-electron chi connectivity index (χ3n) is 7.06. The van der Waals surface area contributed by atoms with Crippen LogP contribution in [0.15, 0.2) is 64.3 Å². The largest absolute Gasteiger partial charge is 0.351 e. The Morgan fingerprint density at radius 2 is 1.56 bits per heavy atom. The summed E-state index contributed by atoms with van der Waals surface area (Å²) in [4.78, 5) is 15.7. The fourth-order valence-electron chi connectivity index (χ4n) is 5.10. The summed E-state index contributed by atoms with van der Waals surface area (Å²) in [6.45, 7) is 4.84. The first-order valence-electron chi connectivity index (χ1n) is 12.0. The van der Waals surface area contributed by atoms with Crippen LogP contribution in [0, 0.1) is 6.92 Å². The highest BCUT2D eigenvalue weighted by Gasteiger charge is 2.32. The van der Waals surface area contributed by atoms with Crippen molar-refractivity contribution in [1.82, 2.24) is 23.6 Å². The summed E-state index contributed by atoms with van der Waals surface area (Å²) in [7, 11) is -3.57. The van der Waals surface area contributed by atoms with E-state index >= 15 is 0 Å². The molecule has 1 aliphatic carbocycles. The quantitative estimate of drug-likeness (QED) is 0.541. The first-order chi connectivity index (χ1) is 16.4. The van der Waals surface area contributed by atoms with Crippen LogP contribution in [0.25, 0.3) is 5.69 Å². The van der Waals surface area contributed by atoms with Crippen LogP contribution in [-0.4, -0.2) is 64.2 Å². The first-order valence-corrected chi connectivity index (χ1v) is 13.4. The Kier molecular flexibility index (Phi) is 6.42. The van der Waals surface area contributed by atoms with Crippen molar-refractivity contribution in [2.45, 2.75) is 50.1 Å². The van der Waals surface area contributed by atoms with Gasteiger partial charge in [0.15, 0.2) is 0 Å². The minimum absolute atomic E-state index is 0.249. The molecule has 1 aromatic heterocycles. The van der Waals surface area contributed by atoms with Crippen LogP contribution in [0.5, 0.6) is 0 Å². The summed E-state index contributed by atoms with van der Waals surface area (Å²) < 4.78 is 30.9. The molecule has 8 nitrogen and oxygen atoms in total. The lowest BCUT2D eigenvalue weighted by Gasteiger charge is -2.37. The molecule has 1 saturated heterocycles. The van der Waals surface area contributed by atoms with Crippen LogP contribution < -0.4 is 5.69 Å². The summed E-state index contributed by atoms with van der Waals surface area (Å²) in [5.74, 6) is 0.602. The summed E-state index contributed by atoms with van der Waals surface area (Å²) >= 11 is 0. The van der Waals surface area contributed by atoms with E-state index in [2.05, 4.69) is 10.00 Å². The number of nitrogens with zero attached hydrogens (tertiary/aromatic N) is 5. The average Bonchev–Trinajstić information content (AvgIpc) is 3.50. The smallest absolute Gasteiger partial charge is 0.298 e. The molecular formula is C25H31N5O3S. The molecule has 0 radical (unpaired) electrons. The molecule has 2 fully saturated rings. The van der Waals surface area contributed by atoms with Gasteiger partial charge in [0.25, 0.3) is 0 Å². The normalized spacial score (nSPS) is 18.5. The van der Waals surface area contributed by atoms with Crippen molar-refractivity contribution >= 4 is 10.0 Å². The molecule has 2 heterocycles. The standard InChI is InChI=1S/C25H31N5O3S/c1-20-26-30(25(31)29(20)19-21-7-3-2-4-8-21)23-11-13-24(14-12-23)34(32,33)28-17-15-27(16-18-28)22-9-5-6-10-22/h2-4,7-8,11-14,22H,5-6,9-10,15-19H2,1H3. The number of benzene rings is 2. The van der Waals surface area contributed by atoms with Gasteiger partial charge in [0, 0.05) is 32.2 Å². The Morgan fingerprint density at radius 3 is 2.21 bits per heavy atom. The Hall–Kier alpha value is -2.75. The lowest BCUT2D eigenvalue weighted by molar-refractivity contribution is 0.139. The maximum Gasteiger partial charge on any atom is 0.351 e. The van der Waals surface area contributed by atoms with Gasteiger partial charge >= 0.3 is 5.69 Å². The molecule has 1 saturated carbocycles. The van der Waals surface area contributed by atoms with Crippen molar-refractivity contribution in [3.05, 3.63) is 76.5 Å². The zero-order valence-corrected chi connectivity index (χ0v) is 20.3. The molecule has 0 bridgehead atoms. The molecule has 2 aliphatic rings. The first kappa shape index (κ1) is 23.0. The van der Waals surface area contributed by atoms with Crippen LogP contribution in [0.1, 0.15) is 37.1 Å². The number of piperazine rings is 1. The van der Waals surface area contributed by atoms with Gasteiger partial charge in [-0.1, -0.05) is 43.2 Å². The predicted molar refractivity (Wildman–Crippen MR) is 131 cm³/mol. The fourth-order valence-corrected chi connectivity index (χ4v) is 6.52. The average molecular weight is 482 g/mol. The molecule has 5 rings (SSSR count). The third kappa shape index (κ3) is 4.47. The molecule has 34 heavy (non-hydrogen) atoms. The van der Waals surface area contributed by atoms with Gasteiger partial charge in [-0.05, 0) is 49.6 Å². The number of aryl methyl sites for hydroxylation is 1. The van der Waals surface area contributed by atoms with E-state index in [1.807, 2.05) is 30.3 Å². The lowest BCUT2D eigenvalue weighted by Crippen LogP contribution is -2.51. The highest BCUT2D eigenvalue weighted by molar-refractivity contribution is 7.89. The summed E-state index contributed by atoms with van der Waals surface area (Å²) in [6, 6.07) is 16.8. The Morgan fingerprint density at radius 1 is 0.912 bits per heavy atom. The molecule has 0 unspecified atom stereocenters. The SMILES string of the molecule is Cc1nn(-c2ccc(S(=O)(=O)N3CCN(C4CCCC4)CC3)cc2)c(=O)n1Cc1ccccc1. The monoisotopic (exact) mass is 481 g/mol. The second-order valence-electron chi connectivity index (χ2n) is 9.19. The maximum atomic E-state index is 13.2. The number of rotatable bonds is 6. The number of hydrogen-bond acceptors (Lipinski definition) is 5. The van der Waals surface area contributed by atoms with Gasteiger partial charge in [-0.2, -0.15) is 14.1 Å². The Bertz CT molecular complexity index is 1280. The molecule has 0 N–H and O–H groups in total. The molecular weight excluding hydrogens is 450 g/mol. The highest BCUT2D eigenvalue weighted by atomic mass is 32.2. The van der Waals surface area contributed by atoms with Crippen molar-refractivity contribution in [2.75, 3.05) is 26.2 Å². The van der Waals surface area contributed by atoms with Crippen molar-refractivity contribution in [1.29, 1.82) is 0 Å². The van der Waals surface area contributed by atoms with E-state index in [1.54, 1.807) is 40.1 Å². The van der Waals surface area contributed by atoms with Crippen LogP contribution in [0.2, 0.25) is 0 Å². The van der Waals surface area contributed by atoms with Gasteiger partial charge in [0.2, 0.25) is 10.0 Å². The van der Waals surface area contributed by atoms with E-state index in [1.165, 1.54) is 30.4 Å². The number of sulfonamides is 1. The highest BCUT2D eigenvalue weighted by Crippen LogP contribution is 2.26. The minimum Gasteiger partial charge on any atom is -0.298 e. The molecule has 180 valence electrons. The van der Waals surface area contributed by atoms with E-state index in [-0.39, 0.29) is 10.6 Å². The van der Waals surface area contributed by atoms with E-state index in [0.717, 1.165) is 18.7 Å². The van der Waals surface area contributed by atoms with Crippen LogP contribution >= 0.6 is 0 Å². The van der Waals surface area contributed by atoms with E-state index in [0.29, 0.717) is 37.2 Å². The molecule has 0 spiro atoms. The van der Waals surface area contributed by atoms with E-state index in [9.17, 15) is 13.2 Å². The maximum absolute atomic E-state index is 13.2. The molecule has 3 aromatic rings. The van der Waals surface area contributed by atoms with Crippen molar-refractivity contribution < 1.29 is 8.42 Å².